The third-order valence-corrected chi connectivity index (χ3v) is 7.01. The summed E-state index contributed by atoms with van der Waals surface area (Å²) in [6.45, 7) is 2.46. The molecular weight excluding hydrogens is 302 g/mol. The number of nitrogens with zero attached hydrogens (tertiary/aromatic N) is 1. The molecule has 1 unspecified atom stereocenters. The Morgan fingerprint density at radius 1 is 1.55 bits per heavy atom. The molecule has 2 N–H and O–H groups in total. The van der Waals surface area contributed by atoms with Crippen LogP contribution >= 0.6 is 11.3 Å². The van der Waals surface area contributed by atoms with Gasteiger partial charge in [-0.15, -0.1) is 11.3 Å². The third kappa shape index (κ3) is 2.88. The number of aromatic carboxylic acids is 1. The van der Waals surface area contributed by atoms with Crippen LogP contribution in [0.1, 0.15) is 28.1 Å². The van der Waals surface area contributed by atoms with Crippen LogP contribution in [0, 0.1) is 12.8 Å². The molecule has 2 rings (SSSR count). The molecule has 112 valence electrons. The molecule has 0 radical (unpaired) electrons. The standard InChI is InChI=1S/C12H17NO5S2/c1-8-6-10(19-11(8)12(15)16)20(17,18)13-4-2-9(7-13)3-5-14/h6,9,14H,2-5,7H2,1H3,(H,15,16). The minimum atomic E-state index is -3.62. The molecule has 1 aliphatic heterocycles. The van der Waals surface area contributed by atoms with E-state index in [1.165, 1.54) is 10.4 Å². The van der Waals surface area contributed by atoms with Crippen LogP contribution in [0.15, 0.2) is 10.3 Å². The van der Waals surface area contributed by atoms with Crippen molar-refractivity contribution in [1.29, 1.82) is 0 Å². The maximum Gasteiger partial charge on any atom is 0.346 e. The monoisotopic (exact) mass is 319 g/mol. The van der Waals surface area contributed by atoms with Crippen LogP contribution in [0.5, 0.6) is 0 Å². The van der Waals surface area contributed by atoms with Crippen molar-refractivity contribution in [2.75, 3.05) is 19.7 Å². The molecule has 0 bridgehead atoms. The van der Waals surface area contributed by atoms with Crippen LogP contribution < -0.4 is 0 Å². The number of carboxylic acids is 1. The lowest BCUT2D eigenvalue weighted by molar-refractivity contribution is 0.0701. The fraction of sp³-hybridized carbons (Fsp3) is 0.583. The number of thiophene rings is 1. The van der Waals surface area contributed by atoms with Crippen molar-refractivity contribution < 1.29 is 23.4 Å². The molecule has 0 aromatic carbocycles. The van der Waals surface area contributed by atoms with Gasteiger partial charge >= 0.3 is 5.97 Å². The van der Waals surface area contributed by atoms with E-state index in [0.29, 0.717) is 25.1 Å². The van der Waals surface area contributed by atoms with Gasteiger partial charge in [-0.2, -0.15) is 4.31 Å². The fourth-order valence-electron chi connectivity index (χ4n) is 2.35. The first kappa shape index (κ1) is 15.4. The molecule has 0 saturated carbocycles. The highest BCUT2D eigenvalue weighted by molar-refractivity contribution is 7.91. The number of carboxylic acid groups (broad SMARTS) is 1. The lowest BCUT2D eigenvalue weighted by Crippen LogP contribution is -2.28. The lowest BCUT2D eigenvalue weighted by Gasteiger charge is -2.15. The van der Waals surface area contributed by atoms with Gasteiger partial charge in [-0.1, -0.05) is 0 Å². The highest BCUT2D eigenvalue weighted by Gasteiger charge is 2.34. The number of hydrogen-bond acceptors (Lipinski definition) is 5. The molecule has 1 aliphatic rings. The van der Waals surface area contributed by atoms with Gasteiger partial charge in [0.1, 0.15) is 9.09 Å². The first-order valence-corrected chi connectivity index (χ1v) is 8.56. The summed E-state index contributed by atoms with van der Waals surface area (Å²) in [6.07, 6.45) is 1.33. The minimum absolute atomic E-state index is 0.0554. The topological polar surface area (TPSA) is 94.9 Å². The molecule has 0 spiro atoms. The zero-order chi connectivity index (χ0) is 14.9. The summed E-state index contributed by atoms with van der Waals surface area (Å²) >= 11 is 0.797. The molecule has 1 atom stereocenters. The molecule has 0 aliphatic carbocycles. The predicted molar refractivity (Wildman–Crippen MR) is 74.6 cm³/mol. The van der Waals surface area contributed by atoms with Gasteiger partial charge in [0.15, 0.2) is 0 Å². The van der Waals surface area contributed by atoms with Gasteiger partial charge in [0.25, 0.3) is 10.0 Å². The predicted octanol–water partition coefficient (Wildman–Crippen LogP) is 1.15. The van der Waals surface area contributed by atoms with E-state index in [0.717, 1.165) is 17.8 Å². The Balaban J connectivity index is 2.23. The van der Waals surface area contributed by atoms with Crippen LogP contribution in [-0.2, 0) is 10.0 Å². The molecule has 2 heterocycles. The highest BCUT2D eigenvalue weighted by Crippen LogP contribution is 2.31. The maximum absolute atomic E-state index is 12.5. The van der Waals surface area contributed by atoms with E-state index in [-0.39, 0.29) is 21.6 Å². The number of sulfonamides is 1. The summed E-state index contributed by atoms with van der Waals surface area (Å²) in [4.78, 5) is 11.1. The minimum Gasteiger partial charge on any atom is -0.477 e. The largest absolute Gasteiger partial charge is 0.477 e. The average molecular weight is 319 g/mol. The molecule has 1 aromatic rings. The molecule has 20 heavy (non-hydrogen) atoms. The smallest absolute Gasteiger partial charge is 0.346 e. The highest BCUT2D eigenvalue weighted by atomic mass is 32.2. The maximum atomic E-state index is 12.5. The normalized spacial score (nSPS) is 20.4. The van der Waals surface area contributed by atoms with Crippen molar-refractivity contribution >= 4 is 27.3 Å². The number of aliphatic hydroxyl groups excluding tert-OH is 1. The van der Waals surface area contributed by atoms with Crippen molar-refractivity contribution in [3.05, 3.63) is 16.5 Å². The van der Waals surface area contributed by atoms with Gasteiger partial charge in [0.2, 0.25) is 0 Å². The van der Waals surface area contributed by atoms with Crippen molar-refractivity contribution in [3.63, 3.8) is 0 Å². The van der Waals surface area contributed by atoms with E-state index in [2.05, 4.69) is 0 Å². The van der Waals surface area contributed by atoms with Crippen LogP contribution in [0.2, 0.25) is 0 Å². The zero-order valence-corrected chi connectivity index (χ0v) is 12.7. The summed E-state index contributed by atoms with van der Waals surface area (Å²) < 4.78 is 26.4. The number of hydrogen-bond donors (Lipinski definition) is 2. The summed E-state index contributed by atoms with van der Waals surface area (Å²) in [5.41, 5.74) is 0.465. The number of aryl methyl sites for hydroxylation is 1. The number of rotatable bonds is 5. The summed E-state index contributed by atoms with van der Waals surface area (Å²) in [7, 11) is -3.62. The number of aliphatic hydroxyl groups is 1. The van der Waals surface area contributed by atoms with Gasteiger partial charge in [0.05, 0.1) is 0 Å². The first-order valence-electron chi connectivity index (χ1n) is 6.31. The third-order valence-electron chi connectivity index (χ3n) is 3.47. The van der Waals surface area contributed by atoms with Crippen LogP contribution in [-0.4, -0.2) is 48.6 Å². The van der Waals surface area contributed by atoms with Gasteiger partial charge in [0, 0.05) is 19.7 Å². The Kier molecular flexibility index (Phi) is 4.48. The Bertz CT molecular complexity index is 607. The van der Waals surface area contributed by atoms with Gasteiger partial charge in [-0.3, -0.25) is 0 Å². The Labute approximate surface area is 121 Å². The Morgan fingerprint density at radius 3 is 2.80 bits per heavy atom. The summed E-state index contributed by atoms with van der Waals surface area (Å²) in [5.74, 6) is -0.927. The van der Waals surface area contributed by atoms with E-state index >= 15 is 0 Å². The van der Waals surface area contributed by atoms with Crippen molar-refractivity contribution in [2.24, 2.45) is 5.92 Å². The first-order chi connectivity index (χ1) is 9.36. The second-order valence-corrected chi connectivity index (χ2v) is 8.13. The quantitative estimate of drug-likeness (QED) is 0.849. The second kappa shape index (κ2) is 5.80. The molecule has 1 fully saturated rings. The molecule has 1 saturated heterocycles. The fourth-order valence-corrected chi connectivity index (χ4v) is 5.42. The lowest BCUT2D eigenvalue weighted by atomic mass is 10.1. The van der Waals surface area contributed by atoms with E-state index in [1.54, 1.807) is 6.92 Å². The van der Waals surface area contributed by atoms with Gasteiger partial charge in [-0.25, -0.2) is 13.2 Å². The van der Waals surface area contributed by atoms with E-state index in [9.17, 15) is 13.2 Å². The van der Waals surface area contributed by atoms with Crippen molar-refractivity contribution in [3.8, 4) is 0 Å². The van der Waals surface area contributed by atoms with Crippen molar-refractivity contribution in [2.45, 2.75) is 24.0 Å². The average Bonchev–Trinajstić information content (AvgIpc) is 2.96. The van der Waals surface area contributed by atoms with E-state index in [4.69, 9.17) is 10.2 Å². The van der Waals surface area contributed by atoms with Crippen LogP contribution in [0.4, 0.5) is 0 Å². The SMILES string of the molecule is Cc1cc(S(=O)(=O)N2CCC(CCO)C2)sc1C(=O)O. The van der Waals surface area contributed by atoms with E-state index in [1.807, 2.05) is 0 Å². The zero-order valence-electron chi connectivity index (χ0n) is 11.1. The van der Waals surface area contributed by atoms with Crippen molar-refractivity contribution in [1.82, 2.24) is 4.31 Å². The molecule has 1 aromatic heterocycles. The Morgan fingerprint density at radius 2 is 2.25 bits per heavy atom. The van der Waals surface area contributed by atoms with Gasteiger partial charge < -0.3 is 10.2 Å². The summed E-state index contributed by atoms with van der Waals surface area (Å²) in [5, 5.41) is 17.9. The second-order valence-electron chi connectivity index (χ2n) is 4.91. The molecule has 0 amide bonds. The number of carbonyl (C=O) groups is 1. The molecular formula is C12H17NO5S2. The summed E-state index contributed by atoms with van der Waals surface area (Å²) in [6, 6.07) is 1.42. The van der Waals surface area contributed by atoms with Gasteiger partial charge in [-0.05, 0) is 37.3 Å². The molecule has 6 nitrogen and oxygen atoms in total. The Hall–Kier alpha value is -0.960. The van der Waals surface area contributed by atoms with Crippen LogP contribution in [0.3, 0.4) is 0 Å². The molecule has 8 heteroatoms. The van der Waals surface area contributed by atoms with Crippen LogP contribution in [0.25, 0.3) is 0 Å². The van der Waals surface area contributed by atoms with E-state index < -0.39 is 16.0 Å².